The number of allylic oxidation sites excluding steroid dienone is 2. The van der Waals surface area contributed by atoms with Crippen molar-refractivity contribution in [3.05, 3.63) is 12.2 Å². The van der Waals surface area contributed by atoms with Gasteiger partial charge in [-0.25, -0.2) is 0 Å². The molecule has 0 aromatic rings. The lowest BCUT2D eigenvalue weighted by atomic mass is 9.79. The van der Waals surface area contributed by atoms with E-state index < -0.39 is 11.4 Å². The summed E-state index contributed by atoms with van der Waals surface area (Å²) < 4.78 is 5.23. The molecule has 1 fully saturated rings. The largest absolute Gasteiger partial charge is 0.481 e. The quantitative estimate of drug-likeness (QED) is 0.681. The van der Waals surface area contributed by atoms with E-state index in [9.17, 15) is 4.79 Å². The molecule has 1 N–H and O–H groups in total. The van der Waals surface area contributed by atoms with Crippen LogP contribution in [0.5, 0.6) is 0 Å². The molecule has 13 heavy (non-hydrogen) atoms. The lowest BCUT2D eigenvalue weighted by molar-refractivity contribution is -0.157. The maximum absolute atomic E-state index is 11.1. The summed E-state index contributed by atoms with van der Waals surface area (Å²) in [5, 5.41) is 9.10. The molecule has 1 saturated heterocycles. The maximum atomic E-state index is 11.1. The van der Waals surface area contributed by atoms with Gasteiger partial charge in [-0.2, -0.15) is 0 Å². The van der Waals surface area contributed by atoms with Crippen molar-refractivity contribution in [3.63, 3.8) is 0 Å². The van der Waals surface area contributed by atoms with Crippen LogP contribution in [0.3, 0.4) is 0 Å². The third kappa shape index (κ3) is 2.31. The first-order valence-electron chi connectivity index (χ1n) is 4.63. The summed E-state index contributed by atoms with van der Waals surface area (Å²) in [5.41, 5.74) is -0.662. The molecule has 0 radical (unpaired) electrons. The Morgan fingerprint density at radius 2 is 2.46 bits per heavy atom. The van der Waals surface area contributed by atoms with Crippen molar-refractivity contribution in [2.45, 2.75) is 26.2 Å². The van der Waals surface area contributed by atoms with Crippen molar-refractivity contribution in [3.8, 4) is 0 Å². The second-order valence-corrected chi connectivity index (χ2v) is 3.51. The van der Waals surface area contributed by atoms with E-state index >= 15 is 0 Å². The van der Waals surface area contributed by atoms with Gasteiger partial charge in [0, 0.05) is 6.61 Å². The van der Waals surface area contributed by atoms with Crippen molar-refractivity contribution < 1.29 is 14.6 Å². The van der Waals surface area contributed by atoms with E-state index in [1.165, 1.54) is 0 Å². The van der Waals surface area contributed by atoms with Crippen molar-refractivity contribution in [2.24, 2.45) is 5.41 Å². The van der Waals surface area contributed by atoms with E-state index in [4.69, 9.17) is 9.84 Å². The number of hydrogen-bond acceptors (Lipinski definition) is 2. The van der Waals surface area contributed by atoms with Gasteiger partial charge in [-0.3, -0.25) is 4.79 Å². The van der Waals surface area contributed by atoms with E-state index in [1.807, 2.05) is 19.1 Å². The molecule has 1 atom stereocenters. The van der Waals surface area contributed by atoms with Gasteiger partial charge in [0.25, 0.3) is 0 Å². The fraction of sp³-hybridized carbons (Fsp3) is 0.700. The third-order valence-corrected chi connectivity index (χ3v) is 2.52. The van der Waals surface area contributed by atoms with Crippen LogP contribution >= 0.6 is 0 Å². The number of rotatable bonds is 3. The normalized spacial score (nSPS) is 29.3. The van der Waals surface area contributed by atoms with E-state index in [2.05, 4.69) is 0 Å². The zero-order valence-electron chi connectivity index (χ0n) is 7.95. The Hall–Kier alpha value is -0.830. The maximum Gasteiger partial charge on any atom is 0.312 e. The summed E-state index contributed by atoms with van der Waals surface area (Å²) in [6.07, 6.45) is 5.96. The van der Waals surface area contributed by atoms with Gasteiger partial charge in [0.05, 0.1) is 12.0 Å². The molecule has 0 spiro atoms. The molecule has 3 heteroatoms. The Balaban J connectivity index is 2.67. The van der Waals surface area contributed by atoms with Gasteiger partial charge in [0.15, 0.2) is 0 Å². The van der Waals surface area contributed by atoms with Crippen LogP contribution in [0.15, 0.2) is 12.2 Å². The molecule has 1 unspecified atom stereocenters. The SMILES string of the molecule is CC=CCC1(C(=O)O)CCCOC1. The fourth-order valence-corrected chi connectivity index (χ4v) is 1.61. The predicted octanol–water partition coefficient (Wildman–Crippen LogP) is 1.83. The van der Waals surface area contributed by atoms with Gasteiger partial charge in [-0.15, -0.1) is 0 Å². The molecule has 0 saturated carbocycles. The number of aliphatic carboxylic acids is 1. The zero-order valence-corrected chi connectivity index (χ0v) is 7.95. The molecule has 0 aliphatic carbocycles. The number of ether oxygens (including phenoxy) is 1. The Morgan fingerprint density at radius 3 is 2.92 bits per heavy atom. The standard InChI is InChI=1S/C10H16O3/c1-2-3-5-10(9(11)12)6-4-7-13-8-10/h2-3H,4-8H2,1H3,(H,11,12). The molecular formula is C10H16O3. The van der Waals surface area contributed by atoms with E-state index in [-0.39, 0.29) is 0 Å². The highest BCUT2D eigenvalue weighted by Gasteiger charge is 2.39. The van der Waals surface area contributed by atoms with Crippen molar-refractivity contribution in [1.82, 2.24) is 0 Å². The minimum absolute atomic E-state index is 0.354. The minimum Gasteiger partial charge on any atom is -0.481 e. The van der Waals surface area contributed by atoms with Crippen molar-refractivity contribution in [1.29, 1.82) is 0 Å². The van der Waals surface area contributed by atoms with Crippen LogP contribution in [0.25, 0.3) is 0 Å². The average Bonchev–Trinajstić information content (AvgIpc) is 2.16. The van der Waals surface area contributed by atoms with E-state index in [0.717, 1.165) is 12.8 Å². The third-order valence-electron chi connectivity index (χ3n) is 2.52. The van der Waals surface area contributed by atoms with Crippen LogP contribution in [-0.4, -0.2) is 24.3 Å². The van der Waals surface area contributed by atoms with Gasteiger partial charge >= 0.3 is 5.97 Å². The monoisotopic (exact) mass is 184 g/mol. The first kappa shape index (κ1) is 10.3. The molecule has 74 valence electrons. The summed E-state index contributed by atoms with van der Waals surface area (Å²) >= 11 is 0. The summed E-state index contributed by atoms with van der Waals surface area (Å²) in [6, 6.07) is 0. The van der Waals surface area contributed by atoms with Gasteiger partial charge in [-0.05, 0) is 26.2 Å². The van der Waals surface area contributed by atoms with Crippen LogP contribution in [0.2, 0.25) is 0 Å². The van der Waals surface area contributed by atoms with Crippen LogP contribution in [-0.2, 0) is 9.53 Å². The molecular weight excluding hydrogens is 168 g/mol. The molecule has 1 aliphatic rings. The van der Waals surface area contributed by atoms with Crippen LogP contribution < -0.4 is 0 Å². The zero-order chi connectivity index (χ0) is 9.73. The second kappa shape index (κ2) is 4.42. The van der Waals surface area contributed by atoms with Gasteiger partial charge < -0.3 is 9.84 Å². The van der Waals surface area contributed by atoms with Gasteiger partial charge in [0.1, 0.15) is 0 Å². The van der Waals surface area contributed by atoms with E-state index in [1.54, 1.807) is 0 Å². The molecule has 0 aromatic heterocycles. The average molecular weight is 184 g/mol. The Morgan fingerprint density at radius 1 is 1.69 bits per heavy atom. The predicted molar refractivity (Wildman–Crippen MR) is 49.6 cm³/mol. The first-order valence-corrected chi connectivity index (χ1v) is 4.63. The molecule has 1 heterocycles. The highest BCUT2D eigenvalue weighted by atomic mass is 16.5. The van der Waals surface area contributed by atoms with Crippen molar-refractivity contribution >= 4 is 5.97 Å². The Kier molecular flexibility index (Phi) is 3.48. The number of carboxylic acid groups (broad SMARTS) is 1. The summed E-state index contributed by atoms with van der Waals surface area (Å²) in [5.74, 6) is -0.731. The lowest BCUT2D eigenvalue weighted by Gasteiger charge is -2.31. The molecule has 1 rings (SSSR count). The highest BCUT2D eigenvalue weighted by Crippen LogP contribution is 2.32. The smallest absolute Gasteiger partial charge is 0.312 e. The molecule has 0 aromatic carbocycles. The number of hydrogen-bond donors (Lipinski definition) is 1. The van der Waals surface area contributed by atoms with Gasteiger partial charge in [0.2, 0.25) is 0 Å². The first-order chi connectivity index (χ1) is 6.21. The van der Waals surface area contributed by atoms with Crippen LogP contribution in [0.1, 0.15) is 26.2 Å². The van der Waals surface area contributed by atoms with Crippen LogP contribution in [0.4, 0.5) is 0 Å². The van der Waals surface area contributed by atoms with Gasteiger partial charge in [-0.1, -0.05) is 12.2 Å². The molecule has 3 nitrogen and oxygen atoms in total. The summed E-state index contributed by atoms with van der Waals surface area (Å²) in [7, 11) is 0. The molecule has 0 bridgehead atoms. The van der Waals surface area contributed by atoms with Crippen LogP contribution in [0, 0.1) is 5.41 Å². The molecule has 1 aliphatic heterocycles. The Bertz CT molecular complexity index is 202. The summed E-state index contributed by atoms with van der Waals surface area (Å²) in [4.78, 5) is 11.1. The highest BCUT2D eigenvalue weighted by molar-refractivity contribution is 5.75. The summed E-state index contributed by atoms with van der Waals surface area (Å²) in [6.45, 7) is 2.96. The second-order valence-electron chi connectivity index (χ2n) is 3.51. The fourth-order valence-electron chi connectivity index (χ4n) is 1.61. The molecule has 0 amide bonds. The number of carboxylic acids is 1. The minimum atomic E-state index is -0.731. The Labute approximate surface area is 78.4 Å². The van der Waals surface area contributed by atoms with Crippen molar-refractivity contribution in [2.75, 3.05) is 13.2 Å². The number of carbonyl (C=O) groups is 1. The van der Waals surface area contributed by atoms with E-state index in [0.29, 0.717) is 19.6 Å². The lowest BCUT2D eigenvalue weighted by Crippen LogP contribution is -2.38. The topological polar surface area (TPSA) is 46.5 Å².